The highest BCUT2D eigenvalue weighted by Crippen LogP contribution is 2.33. The van der Waals surface area contributed by atoms with Crippen LogP contribution in [-0.2, 0) is 4.79 Å². The van der Waals surface area contributed by atoms with E-state index in [-0.39, 0.29) is 17.7 Å². The van der Waals surface area contributed by atoms with E-state index in [1.807, 2.05) is 29.0 Å². The lowest BCUT2D eigenvalue weighted by Crippen LogP contribution is -2.40. The smallest absolute Gasteiger partial charge is 0.246 e. The van der Waals surface area contributed by atoms with Crippen LogP contribution >= 0.6 is 11.3 Å². The van der Waals surface area contributed by atoms with Crippen molar-refractivity contribution in [2.75, 3.05) is 37.4 Å². The second-order valence-electron chi connectivity index (χ2n) is 8.58. The molecule has 0 aliphatic carbocycles. The Balaban J connectivity index is 1.38. The zero-order valence-electron chi connectivity index (χ0n) is 18.9. The third kappa shape index (κ3) is 4.64. The minimum Gasteiger partial charge on any atom is -0.486 e. The summed E-state index contributed by atoms with van der Waals surface area (Å²) >= 11 is 1.60. The molecule has 0 bridgehead atoms. The lowest BCUT2D eigenvalue weighted by atomic mass is 9.99. The summed E-state index contributed by atoms with van der Waals surface area (Å²) in [6.45, 7) is 2.82. The number of nitrogens with zero attached hydrogens (tertiary/aromatic N) is 1. The van der Waals surface area contributed by atoms with Crippen molar-refractivity contribution in [3.05, 3.63) is 69.9 Å². The van der Waals surface area contributed by atoms with E-state index in [1.165, 1.54) is 6.42 Å². The molecule has 1 unspecified atom stereocenters. The molecule has 176 valence electrons. The highest BCUT2D eigenvalue weighted by molar-refractivity contribution is 7.08. The van der Waals surface area contributed by atoms with Crippen molar-refractivity contribution in [1.29, 1.82) is 5.41 Å². The van der Waals surface area contributed by atoms with Gasteiger partial charge in [-0.15, -0.1) is 0 Å². The number of anilines is 2. The predicted octanol–water partition coefficient (Wildman–Crippen LogP) is 4.68. The summed E-state index contributed by atoms with van der Waals surface area (Å²) in [4.78, 5) is 15.7. The van der Waals surface area contributed by atoms with E-state index < -0.39 is 0 Å². The van der Waals surface area contributed by atoms with Gasteiger partial charge in [0.25, 0.3) is 0 Å². The van der Waals surface area contributed by atoms with Crippen molar-refractivity contribution in [3.63, 3.8) is 0 Å². The first-order chi connectivity index (χ1) is 16.6. The van der Waals surface area contributed by atoms with Gasteiger partial charge in [-0.2, -0.15) is 11.3 Å². The quantitative estimate of drug-likeness (QED) is 0.354. The number of rotatable bonds is 6. The van der Waals surface area contributed by atoms with Gasteiger partial charge in [0, 0.05) is 22.5 Å². The predicted molar refractivity (Wildman–Crippen MR) is 135 cm³/mol. The number of fused-ring (bicyclic) bond motifs is 1. The number of thiophene rings is 1. The molecule has 34 heavy (non-hydrogen) atoms. The molecule has 0 spiro atoms. The maximum absolute atomic E-state index is 13.4. The average molecular weight is 477 g/mol. The minimum atomic E-state index is -0.329. The summed E-state index contributed by atoms with van der Waals surface area (Å²) in [6, 6.07) is 12.4. The Morgan fingerprint density at radius 3 is 2.59 bits per heavy atom. The minimum absolute atomic E-state index is 0.0677. The van der Waals surface area contributed by atoms with Crippen LogP contribution in [-0.4, -0.2) is 42.8 Å². The maximum atomic E-state index is 13.4. The Bertz CT molecular complexity index is 1190. The number of carbonyl (C=O) groups is 1. The first-order valence-electron chi connectivity index (χ1n) is 11.6. The summed E-state index contributed by atoms with van der Waals surface area (Å²) in [5, 5.41) is 15.9. The second kappa shape index (κ2) is 9.87. The van der Waals surface area contributed by atoms with E-state index in [1.54, 1.807) is 35.6 Å². The second-order valence-corrected chi connectivity index (χ2v) is 9.36. The van der Waals surface area contributed by atoms with Gasteiger partial charge in [0.05, 0.1) is 5.71 Å². The molecule has 2 aliphatic rings. The number of amides is 1. The van der Waals surface area contributed by atoms with Crippen molar-refractivity contribution in [1.82, 2.24) is 4.90 Å². The molecule has 2 aromatic carbocycles. The zero-order valence-corrected chi connectivity index (χ0v) is 19.7. The van der Waals surface area contributed by atoms with Gasteiger partial charge in [-0.3, -0.25) is 15.1 Å². The Labute approximate surface area is 203 Å². The molecular weight excluding hydrogens is 448 g/mol. The van der Waals surface area contributed by atoms with Gasteiger partial charge in [0.2, 0.25) is 5.91 Å². The van der Waals surface area contributed by atoms with Crippen LogP contribution in [0.25, 0.3) is 0 Å². The molecule has 1 amide bonds. The number of piperidine rings is 1. The number of likely N-dealkylation sites (tertiary alicyclic amines) is 1. The number of carbonyl (C=O) groups excluding carboxylic acids is 1. The fourth-order valence-corrected chi connectivity index (χ4v) is 5.23. The van der Waals surface area contributed by atoms with Crippen molar-refractivity contribution in [2.24, 2.45) is 0 Å². The van der Waals surface area contributed by atoms with Gasteiger partial charge in [-0.1, -0.05) is 6.42 Å². The van der Waals surface area contributed by atoms with E-state index in [2.05, 4.69) is 10.2 Å². The lowest BCUT2D eigenvalue weighted by molar-refractivity contribution is -0.121. The maximum Gasteiger partial charge on any atom is 0.246 e. The van der Waals surface area contributed by atoms with Crippen LogP contribution in [0.5, 0.6) is 11.5 Å². The van der Waals surface area contributed by atoms with Crippen LogP contribution < -0.4 is 20.5 Å². The van der Waals surface area contributed by atoms with Crippen LogP contribution in [0.4, 0.5) is 11.4 Å². The zero-order chi connectivity index (χ0) is 23.5. The van der Waals surface area contributed by atoms with Crippen LogP contribution in [0.1, 0.15) is 42.0 Å². The Morgan fingerprint density at radius 2 is 1.82 bits per heavy atom. The Hall–Kier alpha value is -3.36. The lowest BCUT2D eigenvalue weighted by Gasteiger charge is -2.33. The van der Waals surface area contributed by atoms with Gasteiger partial charge >= 0.3 is 0 Å². The van der Waals surface area contributed by atoms with Crippen molar-refractivity contribution >= 4 is 34.3 Å². The number of nitrogens with two attached hydrogens (primary N) is 1. The highest BCUT2D eigenvalue weighted by atomic mass is 32.1. The fraction of sp³-hybridized carbons (Fsp3) is 0.308. The molecule has 1 atom stereocenters. The third-order valence-electron chi connectivity index (χ3n) is 6.28. The summed E-state index contributed by atoms with van der Waals surface area (Å²) in [5.74, 6) is 1.23. The molecule has 1 aromatic heterocycles. The Kier molecular flexibility index (Phi) is 6.51. The number of hydrogen-bond donors (Lipinski definition) is 3. The third-order valence-corrected chi connectivity index (χ3v) is 6.99. The molecule has 0 radical (unpaired) electrons. The molecule has 4 N–H and O–H groups in total. The first kappa shape index (κ1) is 22.4. The summed E-state index contributed by atoms with van der Waals surface area (Å²) in [6.07, 6.45) is 3.41. The van der Waals surface area contributed by atoms with Crippen molar-refractivity contribution in [3.8, 4) is 11.5 Å². The molecule has 3 aromatic rings. The molecule has 1 saturated heterocycles. The Morgan fingerprint density at radius 1 is 1.03 bits per heavy atom. The monoisotopic (exact) mass is 476 g/mol. The number of ether oxygens (including phenoxy) is 2. The van der Waals surface area contributed by atoms with E-state index in [0.29, 0.717) is 47.2 Å². The number of nitrogen functional groups attached to an aromatic ring is 1. The van der Waals surface area contributed by atoms with Crippen molar-refractivity contribution in [2.45, 2.75) is 25.3 Å². The molecule has 7 nitrogen and oxygen atoms in total. The fourth-order valence-electron chi connectivity index (χ4n) is 4.55. The van der Waals surface area contributed by atoms with Crippen LogP contribution in [0, 0.1) is 5.41 Å². The van der Waals surface area contributed by atoms with Crippen LogP contribution in [0.2, 0.25) is 0 Å². The van der Waals surface area contributed by atoms with Gasteiger partial charge in [-0.25, -0.2) is 0 Å². The molecule has 1 fully saturated rings. The van der Waals surface area contributed by atoms with Gasteiger partial charge in [0.15, 0.2) is 11.5 Å². The largest absolute Gasteiger partial charge is 0.486 e. The van der Waals surface area contributed by atoms with E-state index >= 15 is 0 Å². The van der Waals surface area contributed by atoms with Gasteiger partial charge in [-0.05, 0) is 84.7 Å². The average Bonchev–Trinajstić information content (AvgIpc) is 3.39. The van der Waals surface area contributed by atoms with Crippen LogP contribution in [0.15, 0.2) is 53.2 Å². The van der Waals surface area contributed by atoms with Crippen LogP contribution in [0.3, 0.4) is 0 Å². The molecule has 2 aliphatic heterocycles. The molecule has 8 heteroatoms. The summed E-state index contributed by atoms with van der Waals surface area (Å²) in [5.41, 5.74) is 9.83. The summed E-state index contributed by atoms with van der Waals surface area (Å²) in [7, 11) is 0. The molecule has 5 rings (SSSR count). The van der Waals surface area contributed by atoms with Gasteiger partial charge in [0.1, 0.15) is 19.3 Å². The van der Waals surface area contributed by atoms with E-state index in [4.69, 9.17) is 20.6 Å². The SMILES string of the molecule is N=C(c1ccc2c(c1)OCCO2)c1cc(NC(=O)C(c2ccsc2)N2CCCCC2)ccc1N. The molecular formula is C26H28N4O3S. The topological polar surface area (TPSA) is 101 Å². The number of nitrogens with one attached hydrogen (secondary N) is 2. The van der Waals surface area contributed by atoms with E-state index in [9.17, 15) is 4.79 Å². The first-order valence-corrected chi connectivity index (χ1v) is 12.5. The normalized spacial score (nSPS) is 16.6. The molecule has 3 heterocycles. The highest BCUT2D eigenvalue weighted by Gasteiger charge is 2.29. The van der Waals surface area contributed by atoms with Gasteiger partial charge < -0.3 is 20.5 Å². The summed E-state index contributed by atoms with van der Waals surface area (Å²) < 4.78 is 11.2. The molecule has 0 saturated carbocycles. The van der Waals surface area contributed by atoms with E-state index in [0.717, 1.165) is 31.5 Å². The van der Waals surface area contributed by atoms with Crippen molar-refractivity contribution < 1.29 is 14.3 Å². The number of benzene rings is 2. The standard InChI is InChI=1S/C26H28N4O3S/c27-21-6-5-19(15-20(21)24(28)17-4-7-22-23(14-17)33-12-11-32-22)29-26(31)25(18-8-13-34-16-18)30-9-2-1-3-10-30/h4-8,13-16,25,28H,1-3,9-12,27H2,(H,29,31). The number of hydrogen-bond acceptors (Lipinski definition) is 7.